The molecule has 0 spiro atoms. The molecular formula is C26H34FN5O. The number of nitrogens with one attached hydrogen (secondary N) is 1. The average Bonchev–Trinajstić information content (AvgIpc) is 3.22. The molecule has 1 aromatic carbocycles. The number of carbonyl (C=O) groups excluding carboxylic acids is 1. The number of rotatable bonds is 6. The van der Waals surface area contributed by atoms with Crippen molar-refractivity contribution < 1.29 is 9.18 Å². The summed E-state index contributed by atoms with van der Waals surface area (Å²) in [6.07, 6.45) is 4.68. The van der Waals surface area contributed by atoms with E-state index in [1.807, 2.05) is 6.07 Å². The fourth-order valence-electron chi connectivity index (χ4n) is 4.37. The van der Waals surface area contributed by atoms with Crippen LogP contribution in [0.2, 0.25) is 0 Å². The number of amides is 1. The number of benzene rings is 1. The van der Waals surface area contributed by atoms with Gasteiger partial charge in [-0.3, -0.25) is 4.79 Å². The molecule has 1 amide bonds. The SMILES string of the molecule is C[C@H]1CCCCN1CCCNC(=O)c1cc(-c2ccccc2F)nc2cc(C(C)(C)C)nn12. The lowest BCUT2D eigenvalue weighted by molar-refractivity contribution is 0.0941. The molecule has 0 aliphatic carbocycles. The van der Waals surface area contributed by atoms with E-state index in [0.717, 1.165) is 25.2 Å². The number of nitrogens with zero attached hydrogens (tertiary/aromatic N) is 4. The van der Waals surface area contributed by atoms with Crippen molar-refractivity contribution in [2.24, 2.45) is 0 Å². The largest absolute Gasteiger partial charge is 0.351 e. The van der Waals surface area contributed by atoms with E-state index >= 15 is 0 Å². The van der Waals surface area contributed by atoms with E-state index in [-0.39, 0.29) is 17.1 Å². The van der Waals surface area contributed by atoms with E-state index in [4.69, 9.17) is 0 Å². The molecule has 1 aliphatic rings. The minimum atomic E-state index is -0.369. The number of carbonyl (C=O) groups is 1. The molecule has 33 heavy (non-hydrogen) atoms. The lowest BCUT2D eigenvalue weighted by Crippen LogP contribution is -2.39. The molecule has 176 valence electrons. The van der Waals surface area contributed by atoms with Crippen molar-refractivity contribution in [3.05, 3.63) is 53.6 Å². The van der Waals surface area contributed by atoms with E-state index in [1.165, 1.54) is 25.3 Å². The van der Waals surface area contributed by atoms with Gasteiger partial charge in [-0.2, -0.15) is 5.10 Å². The molecule has 3 heterocycles. The van der Waals surface area contributed by atoms with Gasteiger partial charge in [0.25, 0.3) is 5.91 Å². The Hall–Kier alpha value is -2.80. The van der Waals surface area contributed by atoms with Crippen LogP contribution >= 0.6 is 0 Å². The predicted octanol–water partition coefficient (Wildman–Crippen LogP) is 4.83. The van der Waals surface area contributed by atoms with Gasteiger partial charge in [-0.25, -0.2) is 13.9 Å². The van der Waals surface area contributed by atoms with Crippen LogP contribution in [0.15, 0.2) is 36.4 Å². The van der Waals surface area contributed by atoms with Crippen LogP contribution in [0, 0.1) is 5.82 Å². The van der Waals surface area contributed by atoms with E-state index in [2.05, 4.69) is 48.0 Å². The van der Waals surface area contributed by atoms with Gasteiger partial charge in [-0.15, -0.1) is 0 Å². The molecular weight excluding hydrogens is 417 g/mol. The maximum absolute atomic E-state index is 14.5. The van der Waals surface area contributed by atoms with Crippen molar-refractivity contribution in [1.29, 1.82) is 0 Å². The van der Waals surface area contributed by atoms with Crippen LogP contribution in [-0.4, -0.2) is 51.1 Å². The molecule has 2 aromatic heterocycles. The quantitative estimate of drug-likeness (QED) is 0.546. The Bertz CT molecular complexity index is 1130. The molecule has 0 bridgehead atoms. The van der Waals surface area contributed by atoms with Gasteiger partial charge in [0.1, 0.15) is 11.5 Å². The second-order valence-corrected chi connectivity index (χ2v) is 10.0. The molecule has 0 saturated carbocycles. The molecule has 0 unspecified atom stereocenters. The van der Waals surface area contributed by atoms with Crippen LogP contribution in [0.4, 0.5) is 4.39 Å². The monoisotopic (exact) mass is 451 g/mol. The van der Waals surface area contributed by atoms with Crippen LogP contribution in [0.1, 0.15) is 69.6 Å². The zero-order valence-electron chi connectivity index (χ0n) is 20.1. The Morgan fingerprint density at radius 1 is 1.21 bits per heavy atom. The van der Waals surface area contributed by atoms with Crippen LogP contribution in [-0.2, 0) is 5.41 Å². The second-order valence-electron chi connectivity index (χ2n) is 10.0. The molecule has 1 saturated heterocycles. The van der Waals surface area contributed by atoms with Crippen molar-refractivity contribution in [3.63, 3.8) is 0 Å². The molecule has 1 atom stereocenters. The standard InChI is InChI=1S/C26H34FN5O/c1-18-10-7-8-14-31(18)15-9-13-28-25(33)22-16-21(19-11-5-6-12-20(19)27)29-24-17-23(26(2,3)4)30-32(22)24/h5-6,11-12,16-18H,7-10,13-15H2,1-4H3,(H,28,33)/t18-/m0/s1. The molecule has 0 radical (unpaired) electrons. The van der Waals surface area contributed by atoms with E-state index in [9.17, 15) is 9.18 Å². The van der Waals surface area contributed by atoms with Crippen molar-refractivity contribution in [2.75, 3.05) is 19.6 Å². The molecule has 1 fully saturated rings. The summed E-state index contributed by atoms with van der Waals surface area (Å²) in [7, 11) is 0. The second kappa shape index (κ2) is 9.59. The van der Waals surface area contributed by atoms with Gasteiger partial charge in [0.05, 0.1) is 11.4 Å². The Labute approximate surface area is 195 Å². The van der Waals surface area contributed by atoms with Crippen LogP contribution in [0.5, 0.6) is 0 Å². The first-order valence-electron chi connectivity index (χ1n) is 11.9. The first-order chi connectivity index (χ1) is 15.7. The Morgan fingerprint density at radius 2 is 2.00 bits per heavy atom. The van der Waals surface area contributed by atoms with E-state index < -0.39 is 0 Å². The normalized spacial score (nSPS) is 17.4. The summed E-state index contributed by atoms with van der Waals surface area (Å²) in [6.45, 7) is 11.2. The highest BCUT2D eigenvalue weighted by Crippen LogP contribution is 2.26. The average molecular weight is 452 g/mol. The third-order valence-electron chi connectivity index (χ3n) is 6.43. The highest BCUT2D eigenvalue weighted by molar-refractivity contribution is 5.94. The summed E-state index contributed by atoms with van der Waals surface area (Å²) >= 11 is 0. The summed E-state index contributed by atoms with van der Waals surface area (Å²) in [5, 5.41) is 7.70. The molecule has 6 nitrogen and oxygen atoms in total. The summed E-state index contributed by atoms with van der Waals surface area (Å²) in [4.78, 5) is 20.3. The van der Waals surface area contributed by atoms with Gasteiger partial charge in [0.2, 0.25) is 0 Å². The number of hydrogen-bond donors (Lipinski definition) is 1. The zero-order valence-corrected chi connectivity index (χ0v) is 20.1. The van der Waals surface area contributed by atoms with Crippen molar-refractivity contribution in [3.8, 4) is 11.3 Å². The zero-order chi connectivity index (χ0) is 23.6. The lowest BCUT2D eigenvalue weighted by atomic mass is 9.93. The fourth-order valence-corrected chi connectivity index (χ4v) is 4.37. The van der Waals surface area contributed by atoms with Gasteiger partial charge in [-0.1, -0.05) is 39.3 Å². The third-order valence-corrected chi connectivity index (χ3v) is 6.43. The van der Waals surface area contributed by atoms with Crippen LogP contribution in [0.3, 0.4) is 0 Å². The van der Waals surface area contributed by atoms with E-state index in [1.54, 1.807) is 28.8 Å². The summed E-state index contributed by atoms with van der Waals surface area (Å²) in [5.41, 5.74) is 2.31. The smallest absolute Gasteiger partial charge is 0.270 e. The predicted molar refractivity (Wildman–Crippen MR) is 129 cm³/mol. The van der Waals surface area contributed by atoms with Gasteiger partial charge >= 0.3 is 0 Å². The Morgan fingerprint density at radius 3 is 2.73 bits per heavy atom. The van der Waals surface area contributed by atoms with Gasteiger partial charge in [-0.05, 0) is 50.9 Å². The van der Waals surface area contributed by atoms with Crippen LogP contribution < -0.4 is 5.32 Å². The number of aromatic nitrogens is 3. The molecule has 7 heteroatoms. The third kappa shape index (κ3) is 5.24. The number of hydrogen-bond acceptors (Lipinski definition) is 4. The summed E-state index contributed by atoms with van der Waals surface area (Å²) in [5.74, 6) is -0.595. The van der Waals surface area contributed by atoms with Crippen molar-refractivity contribution in [1.82, 2.24) is 24.8 Å². The maximum atomic E-state index is 14.5. The Balaban J connectivity index is 1.58. The molecule has 3 aromatic rings. The molecule has 1 aliphatic heterocycles. The minimum Gasteiger partial charge on any atom is -0.351 e. The fraction of sp³-hybridized carbons (Fsp3) is 0.500. The van der Waals surface area contributed by atoms with Gasteiger partial charge in [0, 0.05) is 36.2 Å². The topological polar surface area (TPSA) is 62.5 Å². The molecule has 1 N–H and O–H groups in total. The Kier molecular flexibility index (Phi) is 6.79. The number of likely N-dealkylation sites (tertiary alicyclic amines) is 1. The van der Waals surface area contributed by atoms with E-state index in [0.29, 0.717) is 35.2 Å². The van der Waals surface area contributed by atoms with Crippen molar-refractivity contribution >= 4 is 11.6 Å². The number of fused-ring (bicyclic) bond motifs is 1. The van der Waals surface area contributed by atoms with Gasteiger partial charge in [0.15, 0.2) is 5.65 Å². The minimum absolute atomic E-state index is 0.204. The number of piperidine rings is 1. The maximum Gasteiger partial charge on any atom is 0.270 e. The van der Waals surface area contributed by atoms with Crippen molar-refractivity contribution in [2.45, 2.75) is 64.8 Å². The first-order valence-corrected chi connectivity index (χ1v) is 11.9. The summed E-state index contributed by atoms with van der Waals surface area (Å²) < 4.78 is 16.1. The van der Waals surface area contributed by atoms with Crippen LogP contribution in [0.25, 0.3) is 16.9 Å². The summed E-state index contributed by atoms with van der Waals surface area (Å²) in [6, 6.07) is 10.6. The lowest BCUT2D eigenvalue weighted by Gasteiger charge is -2.33. The molecule has 4 rings (SSSR count). The first kappa shape index (κ1) is 23.4. The number of halogens is 1. The highest BCUT2D eigenvalue weighted by atomic mass is 19.1. The highest BCUT2D eigenvalue weighted by Gasteiger charge is 2.23. The van der Waals surface area contributed by atoms with Gasteiger partial charge < -0.3 is 10.2 Å².